The molecular formula is C15H11ClF3NO. The van der Waals surface area contributed by atoms with Crippen molar-refractivity contribution in [3.05, 3.63) is 58.6 Å². The molecule has 21 heavy (non-hydrogen) atoms. The fraction of sp³-hybridized carbons (Fsp3) is 0.200. The zero-order valence-electron chi connectivity index (χ0n) is 10.7. The lowest BCUT2D eigenvalue weighted by Crippen LogP contribution is -2.17. The van der Waals surface area contributed by atoms with Gasteiger partial charge in [0.05, 0.1) is 6.04 Å². The van der Waals surface area contributed by atoms with Crippen molar-refractivity contribution in [2.24, 2.45) is 0 Å². The molecule has 2 nitrogen and oxygen atoms in total. The van der Waals surface area contributed by atoms with E-state index in [2.05, 4.69) is 10.1 Å². The van der Waals surface area contributed by atoms with Crippen LogP contribution in [0.1, 0.15) is 17.2 Å². The topological polar surface area (TPSA) is 21.3 Å². The van der Waals surface area contributed by atoms with Crippen molar-refractivity contribution in [3.63, 3.8) is 0 Å². The van der Waals surface area contributed by atoms with Crippen LogP contribution in [0.25, 0.3) is 0 Å². The van der Waals surface area contributed by atoms with Gasteiger partial charge >= 0.3 is 6.36 Å². The van der Waals surface area contributed by atoms with E-state index >= 15 is 0 Å². The van der Waals surface area contributed by atoms with Crippen molar-refractivity contribution < 1.29 is 17.9 Å². The predicted octanol–water partition coefficient (Wildman–Crippen LogP) is 4.95. The summed E-state index contributed by atoms with van der Waals surface area (Å²) in [5.74, 6) is -0.219. The molecule has 1 aliphatic heterocycles. The smallest absolute Gasteiger partial charge is 0.406 e. The Labute approximate surface area is 124 Å². The molecule has 3 rings (SSSR count). The fourth-order valence-corrected chi connectivity index (χ4v) is 2.73. The second kappa shape index (κ2) is 5.15. The minimum absolute atomic E-state index is 0.114. The molecule has 1 atom stereocenters. The first-order chi connectivity index (χ1) is 9.92. The molecule has 0 radical (unpaired) electrons. The summed E-state index contributed by atoms with van der Waals surface area (Å²) in [4.78, 5) is 0. The molecular weight excluding hydrogens is 303 g/mol. The first kappa shape index (κ1) is 14.1. The maximum absolute atomic E-state index is 12.3. The number of ether oxygens (including phenoxy) is 1. The van der Waals surface area contributed by atoms with E-state index in [-0.39, 0.29) is 11.8 Å². The van der Waals surface area contributed by atoms with Crippen molar-refractivity contribution in [1.82, 2.24) is 0 Å². The molecule has 0 aromatic heterocycles. The average molecular weight is 314 g/mol. The Bertz CT molecular complexity index is 672. The number of rotatable bonds is 2. The Hall–Kier alpha value is -1.88. The summed E-state index contributed by atoms with van der Waals surface area (Å²) in [5.41, 5.74) is 2.62. The van der Waals surface area contributed by atoms with E-state index in [9.17, 15) is 13.2 Å². The standard InChI is InChI=1S/C15H11ClF3NO/c16-12-5-2-6-13-11(12)8-14(20-13)9-3-1-4-10(7-9)21-15(17,18)19/h1-7,14,20H,8H2. The maximum Gasteiger partial charge on any atom is 0.573 e. The molecule has 0 saturated carbocycles. The predicted molar refractivity (Wildman–Crippen MR) is 74.6 cm³/mol. The molecule has 2 aromatic carbocycles. The second-order valence-electron chi connectivity index (χ2n) is 4.79. The van der Waals surface area contributed by atoms with Gasteiger partial charge in [-0.05, 0) is 35.4 Å². The number of nitrogens with one attached hydrogen (secondary N) is 1. The number of anilines is 1. The van der Waals surface area contributed by atoms with Crippen LogP contribution in [0.4, 0.5) is 18.9 Å². The van der Waals surface area contributed by atoms with Crippen molar-refractivity contribution >= 4 is 17.3 Å². The lowest BCUT2D eigenvalue weighted by atomic mass is 10.0. The minimum atomic E-state index is -4.69. The second-order valence-corrected chi connectivity index (χ2v) is 5.19. The van der Waals surface area contributed by atoms with E-state index in [0.717, 1.165) is 16.8 Å². The third kappa shape index (κ3) is 3.08. The number of hydrogen-bond acceptors (Lipinski definition) is 2. The molecule has 1 heterocycles. The summed E-state index contributed by atoms with van der Waals surface area (Å²) >= 11 is 6.13. The Morgan fingerprint density at radius 2 is 1.90 bits per heavy atom. The summed E-state index contributed by atoms with van der Waals surface area (Å²) in [6.07, 6.45) is -4.06. The van der Waals surface area contributed by atoms with Crippen LogP contribution in [0, 0.1) is 0 Å². The summed E-state index contributed by atoms with van der Waals surface area (Å²) in [6, 6.07) is 11.4. The monoisotopic (exact) mass is 313 g/mol. The Balaban J connectivity index is 1.84. The molecule has 0 spiro atoms. The van der Waals surface area contributed by atoms with E-state index in [1.54, 1.807) is 18.2 Å². The van der Waals surface area contributed by atoms with Gasteiger partial charge in [-0.1, -0.05) is 29.8 Å². The van der Waals surface area contributed by atoms with E-state index in [4.69, 9.17) is 11.6 Å². The van der Waals surface area contributed by atoms with E-state index in [1.807, 2.05) is 12.1 Å². The number of fused-ring (bicyclic) bond motifs is 1. The van der Waals surface area contributed by atoms with Gasteiger partial charge in [-0.25, -0.2) is 0 Å². The Morgan fingerprint density at radius 1 is 1.14 bits per heavy atom. The highest BCUT2D eigenvalue weighted by molar-refractivity contribution is 6.31. The lowest BCUT2D eigenvalue weighted by molar-refractivity contribution is -0.274. The van der Waals surface area contributed by atoms with Gasteiger partial charge < -0.3 is 10.1 Å². The number of hydrogen-bond donors (Lipinski definition) is 1. The quantitative estimate of drug-likeness (QED) is 0.847. The molecule has 0 saturated heterocycles. The number of alkyl halides is 3. The van der Waals surface area contributed by atoms with Crippen molar-refractivity contribution in [2.75, 3.05) is 5.32 Å². The number of benzene rings is 2. The first-order valence-corrected chi connectivity index (χ1v) is 6.70. The molecule has 6 heteroatoms. The molecule has 0 amide bonds. The molecule has 110 valence electrons. The van der Waals surface area contributed by atoms with E-state index in [1.165, 1.54) is 12.1 Å². The fourth-order valence-electron chi connectivity index (χ4n) is 2.47. The minimum Gasteiger partial charge on any atom is -0.406 e. The molecule has 1 N–H and O–H groups in total. The van der Waals surface area contributed by atoms with Gasteiger partial charge in [-0.15, -0.1) is 13.2 Å². The van der Waals surface area contributed by atoms with Crippen LogP contribution in [0.3, 0.4) is 0 Å². The van der Waals surface area contributed by atoms with Gasteiger partial charge in [-0.3, -0.25) is 0 Å². The van der Waals surface area contributed by atoms with Crippen molar-refractivity contribution in [2.45, 2.75) is 18.8 Å². The number of halogens is 4. The molecule has 0 aliphatic carbocycles. The zero-order chi connectivity index (χ0) is 15.0. The third-order valence-electron chi connectivity index (χ3n) is 3.35. The van der Waals surface area contributed by atoms with Gasteiger partial charge in [0.25, 0.3) is 0 Å². The van der Waals surface area contributed by atoms with Crippen LogP contribution in [-0.4, -0.2) is 6.36 Å². The van der Waals surface area contributed by atoms with Crippen LogP contribution >= 0.6 is 11.6 Å². The summed E-state index contributed by atoms with van der Waals surface area (Å²) in [7, 11) is 0. The van der Waals surface area contributed by atoms with E-state index in [0.29, 0.717) is 11.4 Å². The average Bonchev–Trinajstić information content (AvgIpc) is 2.82. The van der Waals surface area contributed by atoms with Gasteiger partial charge in [0, 0.05) is 17.1 Å². The van der Waals surface area contributed by atoms with Crippen LogP contribution in [0.15, 0.2) is 42.5 Å². The zero-order valence-corrected chi connectivity index (χ0v) is 11.5. The molecule has 1 unspecified atom stereocenters. The van der Waals surface area contributed by atoms with Gasteiger partial charge in [0.1, 0.15) is 5.75 Å². The van der Waals surface area contributed by atoms with Crippen LogP contribution in [0.5, 0.6) is 5.75 Å². The maximum atomic E-state index is 12.3. The normalized spacial score (nSPS) is 17.2. The van der Waals surface area contributed by atoms with Crippen molar-refractivity contribution in [1.29, 1.82) is 0 Å². The van der Waals surface area contributed by atoms with Gasteiger partial charge in [0.15, 0.2) is 0 Å². The van der Waals surface area contributed by atoms with Crippen LogP contribution in [0.2, 0.25) is 5.02 Å². The SMILES string of the molecule is FC(F)(F)Oc1cccc(C2Cc3c(Cl)cccc3N2)c1. The van der Waals surface area contributed by atoms with Crippen molar-refractivity contribution in [3.8, 4) is 5.75 Å². The molecule has 0 fully saturated rings. The lowest BCUT2D eigenvalue weighted by Gasteiger charge is -2.14. The molecule has 2 aromatic rings. The largest absolute Gasteiger partial charge is 0.573 e. The van der Waals surface area contributed by atoms with Gasteiger partial charge in [-0.2, -0.15) is 0 Å². The first-order valence-electron chi connectivity index (χ1n) is 6.32. The highest BCUT2D eigenvalue weighted by Gasteiger charge is 2.31. The summed E-state index contributed by atoms with van der Waals surface area (Å²) in [5, 5.41) is 3.92. The highest BCUT2D eigenvalue weighted by Crippen LogP contribution is 2.38. The molecule has 1 aliphatic rings. The van der Waals surface area contributed by atoms with E-state index < -0.39 is 6.36 Å². The van der Waals surface area contributed by atoms with Crippen LogP contribution in [-0.2, 0) is 6.42 Å². The van der Waals surface area contributed by atoms with Gasteiger partial charge in [0.2, 0.25) is 0 Å². The highest BCUT2D eigenvalue weighted by atomic mass is 35.5. The Kier molecular flexibility index (Phi) is 3.45. The molecule has 0 bridgehead atoms. The third-order valence-corrected chi connectivity index (χ3v) is 3.70. The van der Waals surface area contributed by atoms with Crippen LogP contribution < -0.4 is 10.1 Å². The summed E-state index contributed by atoms with van der Waals surface area (Å²) in [6.45, 7) is 0. The summed E-state index contributed by atoms with van der Waals surface area (Å²) < 4.78 is 40.7. The Morgan fingerprint density at radius 3 is 2.62 bits per heavy atom.